The minimum absolute atomic E-state index is 0.161. The normalized spacial score (nSPS) is 11.1. The summed E-state index contributed by atoms with van der Waals surface area (Å²) in [6.45, 7) is 2.80. The summed E-state index contributed by atoms with van der Waals surface area (Å²) in [5, 5.41) is 5.48. The quantitative estimate of drug-likeness (QED) is 0.272. The van der Waals surface area contributed by atoms with Gasteiger partial charge in [0.25, 0.3) is 0 Å². The van der Waals surface area contributed by atoms with Crippen molar-refractivity contribution < 1.29 is 18.7 Å². The van der Waals surface area contributed by atoms with E-state index in [1.54, 1.807) is 18.2 Å². The molecule has 3 aromatic carbocycles. The van der Waals surface area contributed by atoms with Crippen molar-refractivity contribution in [2.24, 2.45) is 5.10 Å². The Morgan fingerprint density at radius 2 is 1.88 bits per heavy atom. The molecule has 1 amide bonds. The Kier molecular flexibility index (Phi) is 6.72. The van der Waals surface area contributed by atoms with E-state index in [9.17, 15) is 4.79 Å². The molecule has 0 unspecified atom stereocenters. The minimum Gasteiger partial charge on any atom is -0.494 e. The Bertz CT molecular complexity index is 1270. The molecule has 4 rings (SSSR count). The number of carbonyl (C=O) groups is 1. The molecule has 6 nitrogen and oxygen atoms in total. The number of rotatable bonds is 8. The lowest BCUT2D eigenvalue weighted by atomic mass is 10.2. The molecule has 1 N–H and O–H groups in total. The third kappa shape index (κ3) is 5.10. The van der Waals surface area contributed by atoms with Crippen LogP contribution in [0, 0.1) is 0 Å². The molecule has 0 saturated carbocycles. The molecule has 0 aliphatic carbocycles. The van der Waals surface area contributed by atoms with Gasteiger partial charge in [-0.15, -0.1) is 0 Å². The Balaban J connectivity index is 1.42. The second kappa shape index (κ2) is 10.0. The van der Waals surface area contributed by atoms with Crippen molar-refractivity contribution >= 4 is 34.7 Å². The van der Waals surface area contributed by atoms with Crippen molar-refractivity contribution in [1.82, 2.24) is 5.43 Å². The zero-order chi connectivity index (χ0) is 22.3. The van der Waals surface area contributed by atoms with Crippen LogP contribution in [-0.4, -0.2) is 18.7 Å². The van der Waals surface area contributed by atoms with E-state index < -0.39 is 5.91 Å². The van der Waals surface area contributed by atoms with Crippen LogP contribution in [0.2, 0.25) is 5.02 Å². The minimum atomic E-state index is -0.454. The van der Waals surface area contributed by atoms with Crippen LogP contribution in [0.5, 0.6) is 11.5 Å². The lowest BCUT2D eigenvalue weighted by Crippen LogP contribution is -2.16. The maximum atomic E-state index is 12.5. The van der Waals surface area contributed by atoms with Crippen LogP contribution in [0.4, 0.5) is 0 Å². The highest BCUT2D eigenvalue weighted by Gasteiger charge is 2.12. The highest BCUT2D eigenvalue weighted by atomic mass is 35.5. The van der Waals surface area contributed by atoms with Gasteiger partial charge < -0.3 is 13.9 Å². The van der Waals surface area contributed by atoms with Gasteiger partial charge in [-0.3, -0.25) is 4.79 Å². The molecule has 4 aromatic rings. The zero-order valence-corrected chi connectivity index (χ0v) is 18.1. The van der Waals surface area contributed by atoms with Crippen molar-refractivity contribution in [3.63, 3.8) is 0 Å². The number of carbonyl (C=O) groups excluding carboxylic acids is 1. The van der Waals surface area contributed by atoms with E-state index in [0.29, 0.717) is 35.1 Å². The molecule has 0 spiro atoms. The summed E-state index contributed by atoms with van der Waals surface area (Å²) >= 11 is 6.19. The molecule has 0 aliphatic rings. The van der Waals surface area contributed by atoms with Crippen LogP contribution >= 0.6 is 11.6 Å². The number of nitrogens with zero attached hydrogens (tertiary/aromatic N) is 1. The number of benzene rings is 3. The predicted molar refractivity (Wildman–Crippen MR) is 125 cm³/mol. The smallest absolute Gasteiger partial charge is 0.307 e. The van der Waals surface area contributed by atoms with Gasteiger partial charge in [-0.05, 0) is 49.4 Å². The van der Waals surface area contributed by atoms with Crippen molar-refractivity contribution in [3.8, 4) is 11.5 Å². The molecule has 0 fully saturated rings. The topological polar surface area (TPSA) is 73.1 Å². The first kappa shape index (κ1) is 21.5. The highest BCUT2D eigenvalue weighted by molar-refractivity contribution is 6.31. The number of furan rings is 1. The van der Waals surface area contributed by atoms with Gasteiger partial charge in [0.05, 0.1) is 12.8 Å². The number of fused-ring (bicyclic) bond motifs is 1. The predicted octanol–water partition coefficient (Wildman–Crippen LogP) is 5.83. The first-order chi connectivity index (χ1) is 15.6. The standard InChI is InChI=1S/C25H21ClN2O4/c1-2-30-20-11-12-23-19(13-20)14-24(32-23)25(29)28-27-15-17-7-4-6-10-22(17)31-16-18-8-3-5-9-21(18)26/h3-15H,2,16H2,1H3,(H,28,29)/b27-15+. The average molecular weight is 449 g/mol. The summed E-state index contributed by atoms with van der Waals surface area (Å²) in [4.78, 5) is 12.5. The average Bonchev–Trinajstić information content (AvgIpc) is 3.23. The number of hydrogen-bond donors (Lipinski definition) is 1. The van der Waals surface area contributed by atoms with Crippen LogP contribution in [0.3, 0.4) is 0 Å². The van der Waals surface area contributed by atoms with Crippen molar-refractivity contribution in [3.05, 3.63) is 94.7 Å². The fourth-order valence-corrected chi connectivity index (χ4v) is 3.29. The Morgan fingerprint density at radius 3 is 2.72 bits per heavy atom. The number of amides is 1. The molecule has 0 bridgehead atoms. The van der Waals surface area contributed by atoms with Gasteiger partial charge in [0, 0.05) is 21.5 Å². The lowest BCUT2D eigenvalue weighted by Gasteiger charge is -2.10. The SMILES string of the molecule is CCOc1ccc2oc(C(=O)N/N=C/c3ccccc3OCc3ccccc3Cl)cc2c1. The van der Waals surface area contributed by atoms with Gasteiger partial charge >= 0.3 is 5.91 Å². The summed E-state index contributed by atoms with van der Waals surface area (Å²) in [6, 6.07) is 22.0. The molecule has 0 saturated heterocycles. The Labute approximate surface area is 190 Å². The molecule has 0 radical (unpaired) electrons. The molecule has 32 heavy (non-hydrogen) atoms. The van der Waals surface area contributed by atoms with E-state index in [-0.39, 0.29) is 5.76 Å². The summed E-state index contributed by atoms with van der Waals surface area (Å²) < 4.78 is 17.0. The van der Waals surface area contributed by atoms with E-state index in [2.05, 4.69) is 10.5 Å². The zero-order valence-electron chi connectivity index (χ0n) is 17.4. The van der Waals surface area contributed by atoms with E-state index in [4.69, 9.17) is 25.5 Å². The Hall–Kier alpha value is -3.77. The summed E-state index contributed by atoms with van der Waals surface area (Å²) in [5.74, 6) is 1.05. The van der Waals surface area contributed by atoms with Crippen LogP contribution in [-0.2, 0) is 6.61 Å². The van der Waals surface area contributed by atoms with Gasteiger partial charge in [-0.25, -0.2) is 5.43 Å². The van der Waals surface area contributed by atoms with Gasteiger partial charge in [0.15, 0.2) is 5.76 Å². The number of hydrazone groups is 1. The van der Waals surface area contributed by atoms with E-state index in [1.807, 2.05) is 61.5 Å². The maximum absolute atomic E-state index is 12.5. The monoisotopic (exact) mass is 448 g/mol. The summed E-state index contributed by atoms with van der Waals surface area (Å²) in [5.41, 5.74) is 4.68. The molecule has 1 heterocycles. The molecular weight excluding hydrogens is 428 g/mol. The number of ether oxygens (including phenoxy) is 2. The van der Waals surface area contributed by atoms with E-state index in [1.165, 1.54) is 6.21 Å². The van der Waals surface area contributed by atoms with Crippen molar-refractivity contribution in [1.29, 1.82) is 0 Å². The molecular formula is C25H21ClN2O4. The number of nitrogens with one attached hydrogen (secondary N) is 1. The number of halogens is 1. The van der Waals surface area contributed by atoms with Gasteiger partial charge in [-0.1, -0.05) is 41.9 Å². The molecule has 7 heteroatoms. The van der Waals surface area contributed by atoms with Crippen LogP contribution in [0.15, 0.2) is 82.3 Å². The molecule has 0 atom stereocenters. The molecule has 1 aromatic heterocycles. The lowest BCUT2D eigenvalue weighted by molar-refractivity contribution is 0.0929. The molecule has 162 valence electrons. The largest absolute Gasteiger partial charge is 0.494 e. The Morgan fingerprint density at radius 1 is 1.06 bits per heavy atom. The summed E-state index contributed by atoms with van der Waals surface area (Å²) in [6.07, 6.45) is 1.52. The number of hydrogen-bond acceptors (Lipinski definition) is 5. The van der Waals surface area contributed by atoms with E-state index >= 15 is 0 Å². The fraction of sp³-hybridized carbons (Fsp3) is 0.120. The molecule has 0 aliphatic heterocycles. The summed E-state index contributed by atoms with van der Waals surface area (Å²) in [7, 11) is 0. The maximum Gasteiger partial charge on any atom is 0.307 e. The van der Waals surface area contributed by atoms with Gasteiger partial charge in [-0.2, -0.15) is 5.10 Å². The second-order valence-corrected chi connectivity index (χ2v) is 7.27. The van der Waals surface area contributed by atoms with Crippen molar-refractivity contribution in [2.75, 3.05) is 6.61 Å². The van der Waals surface area contributed by atoms with E-state index in [0.717, 1.165) is 16.7 Å². The fourth-order valence-electron chi connectivity index (χ4n) is 3.09. The second-order valence-electron chi connectivity index (χ2n) is 6.86. The van der Waals surface area contributed by atoms with Crippen LogP contribution in [0.1, 0.15) is 28.6 Å². The van der Waals surface area contributed by atoms with Crippen LogP contribution in [0.25, 0.3) is 11.0 Å². The highest BCUT2D eigenvalue weighted by Crippen LogP contribution is 2.24. The van der Waals surface area contributed by atoms with Crippen molar-refractivity contribution in [2.45, 2.75) is 13.5 Å². The third-order valence-electron chi connectivity index (χ3n) is 4.65. The van der Waals surface area contributed by atoms with Gasteiger partial charge in [0.1, 0.15) is 23.7 Å². The number of para-hydroxylation sites is 1. The first-order valence-corrected chi connectivity index (χ1v) is 10.5. The van der Waals surface area contributed by atoms with Crippen LogP contribution < -0.4 is 14.9 Å². The third-order valence-corrected chi connectivity index (χ3v) is 5.02. The van der Waals surface area contributed by atoms with Gasteiger partial charge in [0.2, 0.25) is 0 Å². The first-order valence-electron chi connectivity index (χ1n) is 10.1.